The molecule has 2 aromatic rings. The summed E-state index contributed by atoms with van der Waals surface area (Å²) in [6.45, 7) is 10.0. The topological polar surface area (TPSA) is 46.6 Å². The van der Waals surface area contributed by atoms with Gasteiger partial charge in [0.15, 0.2) is 0 Å². The Bertz CT molecular complexity index is 670. The van der Waals surface area contributed by atoms with Gasteiger partial charge in [-0.3, -0.25) is 4.79 Å². The molecule has 26 heavy (non-hydrogen) atoms. The summed E-state index contributed by atoms with van der Waals surface area (Å²) in [6.07, 6.45) is -0.568. The van der Waals surface area contributed by atoms with Crippen LogP contribution >= 0.6 is 0 Å². The minimum atomic E-state index is -0.568. The lowest BCUT2D eigenvalue weighted by atomic mass is 9.98. The van der Waals surface area contributed by atoms with Crippen molar-refractivity contribution < 1.29 is 14.3 Å². The number of rotatable bonds is 3. The Kier molecular flexibility index (Phi) is 9.13. The zero-order chi connectivity index (χ0) is 19.5. The molecule has 3 rings (SSSR count). The predicted octanol–water partition coefficient (Wildman–Crippen LogP) is 5.56. The summed E-state index contributed by atoms with van der Waals surface area (Å²) >= 11 is 0. The number of nitrogens with zero attached hydrogens (tertiary/aromatic N) is 1. The molecule has 1 saturated heterocycles. The number of carbonyl (C=O) groups is 2. The number of hydrogen-bond acceptors (Lipinski definition) is 3. The summed E-state index contributed by atoms with van der Waals surface area (Å²) in [4.78, 5) is 26.0. The molecule has 4 heteroatoms. The van der Waals surface area contributed by atoms with E-state index in [0.29, 0.717) is 0 Å². The molecule has 1 fully saturated rings. The van der Waals surface area contributed by atoms with Crippen LogP contribution in [-0.2, 0) is 9.53 Å². The number of amides is 2. The molecule has 0 radical (unpaired) electrons. The number of carbonyl (C=O) groups excluding carboxylic acids is 2. The van der Waals surface area contributed by atoms with Gasteiger partial charge in [-0.15, -0.1) is 0 Å². The smallest absolute Gasteiger partial charge is 0.417 e. The molecule has 0 N–H and O–H groups in total. The summed E-state index contributed by atoms with van der Waals surface area (Å²) in [5.41, 5.74) is 1.79. The van der Waals surface area contributed by atoms with Gasteiger partial charge in [0.2, 0.25) is 5.91 Å². The van der Waals surface area contributed by atoms with Crippen molar-refractivity contribution in [2.45, 2.75) is 46.6 Å². The van der Waals surface area contributed by atoms with Gasteiger partial charge in [0, 0.05) is 0 Å². The van der Waals surface area contributed by atoms with E-state index >= 15 is 0 Å². The molecule has 2 aromatic carbocycles. The minimum absolute atomic E-state index is 0.204. The number of benzene rings is 2. The van der Waals surface area contributed by atoms with Crippen molar-refractivity contribution in [2.24, 2.45) is 0 Å². The van der Waals surface area contributed by atoms with E-state index in [2.05, 4.69) is 0 Å². The predicted molar refractivity (Wildman–Crippen MR) is 105 cm³/mol. The van der Waals surface area contributed by atoms with E-state index in [1.807, 2.05) is 95.3 Å². The van der Waals surface area contributed by atoms with Crippen molar-refractivity contribution in [2.75, 3.05) is 6.61 Å². The normalized spacial score (nSPS) is 16.4. The fourth-order valence-corrected chi connectivity index (χ4v) is 2.68. The molecule has 4 nitrogen and oxygen atoms in total. The Morgan fingerprint density at radius 1 is 0.962 bits per heavy atom. The summed E-state index contributed by atoms with van der Waals surface area (Å²) in [5.74, 6) is -0.624. The van der Waals surface area contributed by atoms with E-state index in [4.69, 9.17) is 4.74 Å². The van der Waals surface area contributed by atoms with Crippen LogP contribution in [0.3, 0.4) is 0 Å². The first-order valence-electron chi connectivity index (χ1n) is 9.28. The van der Waals surface area contributed by atoms with E-state index in [1.165, 1.54) is 4.90 Å². The molecule has 1 aliphatic rings. The van der Waals surface area contributed by atoms with Gasteiger partial charge in [0.25, 0.3) is 0 Å². The number of ether oxygens (including phenoxy) is 1. The van der Waals surface area contributed by atoms with Crippen LogP contribution in [0.2, 0.25) is 0 Å². The lowest BCUT2D eigenvalue weighted by molar-refractivity contribution is -0.130. The summed E-state index contributed by atoms with van der Waals surface area (Å²) in [5, 5.41) is 0. The van der Waals surface area contributed by atoms with Gasteiger partial charge in [-0.25, -0.2) is 9.69 Å². The largest absolute Gasteiger partial charge is 0.446 e. The third-order valence-corrected chi connectivity index (χ3v) is 3.96. The van der Waals surface area contributed by atoms with Gasteiger partial charge in [0.1, 0.15) is 12.6 Å². The average Bonchev–Trinajstić information content (AvgIpc) is 3.12. The third-order valence-electron chi connectivity index (χ3n) is 3.96. The summed E-state index contributed by atoms with van der Waals surface area (Å²) in [6, 6.07) is 18.6. The highest BCUT2D eigenvalue weighted by Crippen LogP contribution is 2.31. The molecule has 0 bridgehead atoms. The lowest BCUT2D eigenvalue weighted by Gasteiger charge is -2.23. The van der Waals surface area contributed by atoms with Crippen LogP contribution in [0, 0.1) is 0 Å². The van der Waals surface area contributed by atoms with Gasteiger partial charge in [-0.1, -0.05) is 88.4 Å². The van der Waals surface area contributed by atoms with Gasteiger partial charge in [0.05, 0.1) is 5.92 Å². The Labute approximate surface area is 156 Å². The van der Waals surface area contributed by atoms with Crippen LogP contribution in [0.25, 0.3) is 0 Å². The van der Waals surface area contributed by atoms with Crippen LogP contribution in [-0.4, -0.2) is 23.5 Å². The molecule has 1 heterocycles. The van der Waals surface area contributed by atoms with E-state index < -0.39 is 12.0 Å². The summed E-state index contributed by atoms with van der Waals surface area (Å²) in [7, 11) is 0. The summed E-state index contributed by atoms with van der Waals surface area (Å²) < 4.78 is 5.11. The molecular weight excluding hydrogens is 326 g/mol. The first-order chi connectivity index (χ1) is 12.7. The molecule has 140 valence electrons. The fraction of sp³-hybridized carbons (Fsp3) is 0.364. The highest BCUT2D eigenvalue weighted by atomic mass is 16.6. The SMILES string of the molecule is CC.CC.CC(C(=O)N1C(=O)OCC1c1ccccc1)c1ccccc1. The fourth-order valence-electron chi connectivity index (χ4n) is 2.68. The molecule has 2 amide bonds. The van der Waals surface area contributed by atoms with Crippen molar-refractivity contribution in [1.29, 1.82) is 0 Å². The second-order valence-electron chi connectivity index (χ2n) is 5.34. The van der Waals surface area contributed by atoms with E-state index in [-0.39, 0.29) is 18.6 Å². The van der Waals surface area contributed by atoms with Gasteiger partial charge in [-0.2, -0.15) is 0 Å². The second-order valence-corrected chi connectivity index (χ2v) is 5.34. The number of imide groups is 1. The van der Waals surface area contributed by atoms with Crippen LogP contribution in [0.5, 0.6) is 0 Å². The zero-order valence-corrected chi connectivity index (χ0v) is 16.3. The van der Waals surface area contributed by atoms with E-state index in [1.54, 1.807) is 0 Å². The first-order valence-corrected chi connectivity index (χ1v) is 9.28. The van der Waals surface area contributed by atoms with Gasteiger partial charge in [-0.05, 0) is 18.1 Å². The van der Waals surface area contributed by atoms with Crippen LogP contribution in [0.15, 0.2) is 60.7 Å². The molecule has 0 aliphatic carbocycles. The molecule has 2 atom stereocenters. The Hall–Kier alpha value is -2.62. The molecule has 0 spiro atoms. The van der Waals surface area contributed by atoms with Crippen LogP contribution in [0.4, 0.5) is 4.79 Å². The maximum atomic E-state index is 12.8. The Morgan fingerprint density at radius 2 is 1.46 bits per heavy atom. The van der Waals surface area contributed by atoms with Crippen molar-refractivity contribution in [3.05, 3.63) is 71.8 Å². The van der Waals surface area contributed by atoms with E-state index in [9.17, 15) is 9.59 Å². The number of hydrogen-bond donors (Lipinski definition) is 0. The van der Waals surface area contributed by atoms with Crippen molar-refractivity contribution >= 4 is 12.0 Å². The molecular formula is C22H29NO3. The molecule has 1 aliphatic heterocycles. The van der Waals surface area contributed by atoms with Gasteiger partial charge >= 0.3 is 6.09 Å². The lowest BCUT2D eigenvalue weighted by Crippen LogP contribution is -2.37. The van der Waals surface area contributed by atoms with Crippen molar-refractivity contribution in [3.63, 3.8) is 0 Å². The highest BCUT2D eigenvalue weighted by molar-refractivity contribution is 5.97. The van der Waals surface area contributed by atoms with Crippen LogP contribution < -0.4 is 0 Å². The monoisotopic (exact) mass is 355 g/mol. The quantitative estimate of drug-likeness (QED) is 0.724. The second kappa shape index (κ2) is 11.1. The zero-order valence-electron chi connectivity index (χ0n) is 16.3. The molecule has 0 aromatic heterocycles. The first kappa shape index (κ1) is 21.4. The minimum Gasteiger partial charge on any atom is -0.446 e. The maximum absolute atomic E-state index is 12.8. The molecule has 2 unspecified atom stereocenters. The molecule has 0 saturated carbocycles. The Morgan fingerprint density at radius 3 is 2.00 bits per heavy atom. The Balaban J connectivity index is 0.000000791. The van der Waals surface area contributed by atoms with Gasteiger partial charge < -0.3 is 4.74 Å². The van der Waals surface area contributed by atoms with Crippen molar-refractivity contribution in [1.82, 2.24) is 4.90 Å². The standard InChI is InChI=1S/C18H17NO3.2C2H6/c1-13(14-8-4-2-5-9-14)17(20)19-16(12-22-18(19)21)15-10-6-3-7-11-15;2*1-2/h2-11,13,16H,12H2,1H3;2*1-2H3. The maximum Gasteiger partial charge on any atom is 0.417 e. The van der Waals surface area contributed by atoms with Crippen molar-refractivity contribution in [3.8, 4) is 0 Å². The average molecular weight is 355 g/mol. The van der Waals surface area contributed by atoms with Crippen LogP contribution in [0.1, 0.15) is 57.7 Å². The number of cyclic esters (lactones) is 1. The highest BCUT2D eigenvalue weighted by Gasteiger charge is 2.40. The third kappa shape index (κ3) is 4.94. The van der Waals surface area contributed by atoms with E-state index in [0.717, 1.165) is 11.1 Å².